The van der Waals surface area contributed by atoms with Crippen LogP contribution in [0.1, 0.15) is 11.1 Å². The summed E-state index contributed by atoms with van der Waals surface area (Å²) >= 11 is 11.8. The van der Waals surface area contributed by atoms with Crippen molar-refractivity contribution in [2.45, 2.75) is 11.3 Å². The second kappa shape index (κ2) is 5.53. The summed E-state index contributed by atoms with van der Waals surface area (Å²) in [5, 5.41) is 1.04. The highest BCUT2D eigenvalue weighted by Crippen LogP contribution is 2.24. The maximum Gasteiger partial charge on any atom is 0.175 e. The monoisotopic (exact) mass is 314 g/mol. The van der Waals surface area contributed by atoms with Gasteiger partial charge in [-0.2, -0.15) is 0 Å². The summed E-state index contributed by atoms with van der Waals surface area (Å²) in [6, 6.07) is 12.3. The lowest BCUT2D eigenvalue weighted by Gasteiger charge is -2.09. The van der Waals surface area contributed by atoms with Crippen LogP contribution in [0, 0.1) is 0 Å². The molecule has 2 aromatic carbocycles. The van der Waals surface area contributed by atoms with E-state index >= 15 is 0 Å². The van der Waals surface area contributed by atoms with Crippen LogP contribution in [0.3, 0.4) is 0 Å². The first-order valence-electron chi connectivity index (χ1n) is 5.59. The molecule has 0 saturated carbocycles. The van der Waals surface area contributed by atoms with Crippen LogP contribution in [-0.4, -0.2) is 14.7 Å². The van der Waals surface area contributed by atoms with Crippen molar-refractivity contribution in [3.63, 3.8) is 0 Å². The molecule has 0 atom stereocenters. The smallest absolute Gasteiger partial charge is 0.175 e. The largest absolute Gasteiger partial charge is 0.224 e. The van der Waals surface area contributed by atoms with E-state index in [4.69, 9.17) is 23.2 Å². The van der Waals surface area contributed by atoms with E-state index in [9.17, 15) is 8.42 Å². The molecular formula is C14H12Cl2O2S. The van der Waals surface area contributed by atoms with Crippen molar-refractivity contribution < 1.29 is 8.42 Å². The zero-order valence-corrected chi connectivity index (χ0v) is 12.6. The van der Waals surface area contributed by atoms with Crippen LogP contribution in [0.2, 0.25) is 10.0 Å². The third-order valence-electron chi connectivity index (χ3n) is 2.71. The molecule has 0 amide bonds. The second-order valence-corrected chi connectivity index (χ2v) is 7.19. The molecule has 2 rings (SSSR count). The zero-order chi connectivity index (χ0) is 14.0. The lowest BCUT2D eigenvalue weighted by atomic mass is 10.1. The van der Waals surface area contributed by atoms with Gasteiger partial charge in [-0.3, -0.25) is 0 Å². The van der Waals surface area contributed by atoms with E-state index in [0.717, 1.165) is 5.56 Å². The summed E-state index contributed by atoms with van der Waals surface area (Å²) in [4.78, 5) is 0.264. The minimum absolute atomic E-state index is 0.264. The first-order valence-corrected chi connectivity index (χ1v) is 8.24. The van der Waals surface area contributed by atoms with Crippen LogP contribution >= 0.6 is 23.2 Å². The SMILES string of the molecule is CS(=O)(=O)c1cc(Cl)ccc1Cc1cccc(Cl)c1. The van der Waals surface area contributed by atoms with Crippen LogP contribution < -0.4 is 0 Å². The molecular weight excluding hydrogens is 303 g/mol. The summed E-state index contributed by atoms with van der Waals surface area (Å²) in [7, 11) is -3.30. The maximum atomic E-state index is 11.8. The van der Waals surface area contributed by atoms with E-state index in [-0.39, 0.29) is 4.90 Å². The van der Waals surface area contributed by atoms with Crippen LogP contribution in [0.4, 0.5) is 0 Å². The van der Waals surface area contributed by atoms with Crippen molar-refractivity contribution in [1.29, 1.82) is 0 Å². The van der Waals surface area contributed by atoms with Gasteiger partial charge < -0.3 is 0 Å². The molecule has 0 bridgehead atoms. The molecule has 2 aromatic rings. The normalized spacial score (nSPS) is 11.5. The number of benzene rings is 2. The molecule has 0 aliphatic carbocycles. The fourth-order valence-electron chi connectivity index (χ4n) is 1.89. The predicted octanol–water partition coefficient (Wildman–Crippen LogP) is 3.99. The van der Waals surface area contributed by atoms with Gasteiger partial charge in [-0.25, -0.2) is 8.42 Å². The molecule has 0 spiro atoms. The van der Waals surface area contributed by atoms with Crippen LogP contribution in [0.25, 0.3) is 0 Å². The van der Waals surface area contributed by atoms with Gasteiger partial charge in [-0.05, 0) is 41.8 Å². The van der Waals surface area contributed by atoms with Crippen molar-refractivity contribution in [1.82, 2.24) is 0 Å². The standard InChI is InChI=1S/C14H12Cl2O2S/c1-19(17,18)14-9-13(16)6-5-11(14)7-10-3-2-4-12(15)8-10/h2-6,8-9H,7H2,1H3. The lowest BCUT2D eigenvalue weighted by molar-refractivity contribution is 0.601. The second-order valence-electron chi connectivity index (χ2n) is 4.33. The summed E-state index contributed by atoms with van der Waals surface area (Å²) in [6.45, 7) is 0. The van der Waals surface area contributed by atoms with E-state index in [1.165, 1.54) is 12.3 Å². The molecule has 100 valence electrons. The van der Waals surface area contributed by atoms with E-state index in [0.29, 0.717) is 22.0 Å². The Hall–Kier alpha value is -1.03. The Kier molecular flexibility index (Phi) is 4.19. The summed E-state index contributed by atoms with van der Waals surface area (Å²) in [5.41, 5.74) is 1.67. The number of rotatable bonds is 3. The Morgan fingerprint density at radius 3 is 2.32 bits per heavy atom. The van der Waals surface area contributed by atoms with Crippen molar-refractivity contribution in [3.8, 4) is 0 Å². The molecule has 0 aliphatic rings. The Balaban J connectivity index is 2.46. The fourth-order valence-corrected chi connectivity index (χ4v) is 3.29. The van der Waals surface area contributed by atoms with Crippen molar-refractivity contribution in [3.05, 3.63) is 63.6 Å². The van der Waals surface area contributed by atoms with Gasteiger partial charge in [0.2, 0.25) is 0 Å². The highest BCUT2D eigenvalue weighted by Gasteiger charge is 2.14. The number of hydrogen-bond acceptors (Lipinski definition) is 2. The number of halogens is 2. The summed E-state index contributed by atoms with van der Waals surface area (Å²) in [6.07, 6.45) is 1.68. The van der Waals surface area contributed by atoms with Crippen LogP contribution in [-0.2, 0) is 16.3 Å². The topological polar surface area (TPSA) is 34.1 Å². The average Bonchev–Trinajstić information content (AvgIpc) is 2.30. The Morgan fingerprint density at radius 1 is 1.00 bits per heavy atom. The van der Waals surface area contributed by atoms with Crippen LogP contribution in [0.15, 0.2) is 47.4 Å². The van der Waals surface area contributed by atoms with Gasteiger partial charge in [0.25, 0.3) is 0 Å². The Bertz CT molecular complexity index is 709. The molecule has 0 aromatic heterocycles. The third-order valence-corrected chi connectivity index (χ3v) is 4.36. The summed E-state index contributed by atoms with van der Waals surface area (Å²) in [5.74, 6) is 0. The molecule has 19 heavy (non-hydrogen) atoms. The van der Waals surface area contributed by atoms with E-state index in [1.54, 1.807) is 18.2 Å². The van der Waals surface area contributed by atoms with Crippen molar-refractivity contribution in [2.24, 2.45) is 0 Å². The molecule has 5 heteroatoms. The quantitative estimate of drug-likeness (QED) is 0.858. The molecule has 0 heterocycles. The first kappa shape index (κ1) is 14.4. The van der Waals surface area contributed by atoms with Crippen LogP contribution in [0.5, 0.6) is 0 Å². The predicted molar refractivity (Wildman–Crippen MR) is 78.8 cm³/mol. The fraction of sp³-hybridized carbons (Fsp3) is 0.143. The Labute approximate surface area is 122 Å². The highest BCUT2D eigenvalue weighted by atomic mass is 35.5. The van der Waals surface area contributed by atoms with Gasteiger partial charge >= 0.3 is 0 Å². The van der Waals surface area contributed by atoms with Gasteiger partial charge in [-0.1, -0.05) is 41.4 Å². The van der Waals surface area contributed by atoms with E-state index < -0.39 is 9.84 Å². The van der Waals surface area contributed by atoms with Gasteiger partial charge in [0.15, 0.2) is 9.84 Å². The third kappa shape index (κ3) is 3.72. The van der Waals surface area contributed by atoms with E-state index in [2.05, 4.69) is 0 Å². The van der Waals surface area contributed by atoms with E-state index in [1.807, 2.05) is 18.2 Å². The molecule has 0 fully saturated rings. The molecule has 0 aliphatic heterocycles. The molecule has 0 radical (unpaired) electrons. The van der Waals surface area contributed by atoms with Gasteiger partial charge in [-0.15, -0.1) is 0 Å². The zero-order valence-electron chi connectivity index (χ0n) is 10.2. The number of hydrogen-bond donors (Lipinski definition) is 0. The van der Waals surface area contributed by atoms with Gasteiger partial charge in [0, 0.05) is 16.3 Å². The minimum atomic E-state index is -3.30. The molecule has 0 unspecified atom stereocenters. The highest BCUT2D eigenvalue weighted by molar-refractivity contribution is 7.90. The van der Waals surface area contributed by atoms with Gasteiger partial charge in [0.1, 0.15) is 0 Å². The number of sulfone groups is 1. The van der Waals surface area contributed by atoms with Gasteiger partial charge in [0.05, 0.1) is 4.90 Å². The first-order chi connectivity index (χ1) is 8.86. The average molecular weight is 315 g/mol. The lowest BCUT2D eigenvalue weighted by Crippen LogP contribution is -2.03. The molecule has 2 nitrogen and oxygen atoms in total. The molecule has 0 saturated heterocycles. The Morgan fingerprint density at radius 2 is 1.68 bits per heavy atom. The minimum Gasteiger partial charge on any atom is -0.224 e. The maximum absolute atomic E-state index is 11.8. The van der Waals surface area contributed by atoms with Crippen molar-refractivity contribution in [2.75, 3.05) is 6.26 Å². The summed E-state index contributed by atoms with van der Waals surface area (Å²) < 4.78 is 23.6. The molecule has 0 N–H and O–H groups in total. The van der Waals surface area contributed by atoms with Crippen molar-refractivity contribution >= 4 is 33.0 Å².